The van der Waals surface area contributed by atoms with E-state index in [-0.39, 0.29) is 18.1 Å². The van der Waals surface area contributed by atoms with Crippen LogP contribution < -0.4 is 5.32 Å². The number of hydrogen-bond donors (Lipinski definition) is 1. The Morgan fingerprint density at radius 1 is 1.14 bits per heavy atom. The predicted octanol–water partition coefficient (Wildman–Crippen LogP) is 4.76. The van der Waals surface area contributed by atoms with Gasteiger partial charge in [-0.3, -0.25) is 0 Å². The van der Waals surface area contributed by atoms with Crippen LogP contribution in [0.25, 0.3) is 0 Å². The number of ether oxygens (including phenoxy) is 1. The lowest BCUT2D eigenvalue weighted by Crippen LogP contribution is -2.39. The van der Waals surface area contributed by atoms with Crippen LogP contribution in [0.2, 0.25) is 0 Å². The van der Waals surface area contributed by atoms with Gasteiger partial charge in [0, 0.05) is 5.70 Å². The van der Waals surface area contributed by atoms with Crippen molar-refractivity contribution in [1.29, 1.82) is 0 Å². The average molecular weight is 307 g/mol. The minimum atomic E-state index is -0.305. The van der Waals surface area contributed by atoms with Gasteiger partial charge in [-0.25, -0.2) is 4.79 Å². The van der Waals surface area contributed by atoms with E-state index in [9.17, 15) is 4.79 Å². The largest absolute Gasteiger partial charge is 0.461 e. The molecule has 0 aromatic heterocycles. The molecular formula is C19H33NO2. The normalized spacial score (nSPS) is 15.5. The van der Waals surface area contributed by atoms with E-state index in [2.05, 4.69) is 39.1 Å². The van der Waals surface area contributed by atoms with Gasteiger partial charge in [-0.2, -0.15) is 0 Å². The monoisotopic (exact) mass is 307 g/mol. The van der Waals surface area contributed by atoms with E-state index >= 15 is 0 Å². The summed E-state index contributed by atoms with van der Waals surface area (Å²) in [6, 6.07) is -0.305. The van der Waals surface area contributed by atoms with Gasteiger partial charge in [-0.05, 0) is 38.2 Å². The summed E-state index contributed by atoms with van der Waals surface area (Å²) in [4.78, 5) is 12.4. The molecule has 2 atom stereocenters. The third kappa shape index (κ3) is 8.06. The van der Waals surface area contributed by atoms with E-state index in [1.54, 1.807) is 0 Å². The van der Waals surface area contributed by atoms with Crippen LogP contribution in [0.15, 0.2) is 36.1 Å². The van der Waals surface area contributed by atoms with Crippen LogP contribution in [0.3, 0.4) is 0 Å². The summed E-state index contributed by atoms with van der Waals surface area (Å²) in [5.41, 5.74) is 0.960. The standard InChI is InChI=1S/C19H33NO2/c1-7-11-12-14-16(13-8-2)20-17(9-3)19(21)22-18(10-4)15(5)6/h7,11-15,17-18,20H,8-10H2,1-6H3/b11-7-,14-12-,16-13+. The molecule has 3 heteroatoms. The topological polar surface area (TPSA) is 38.3 Å². The third-order valence-corrected chi connectivity index (χ3v) is 3.45. The van der Waals surface area contributed by atoms with Crippen molar-refractivity contribution in [3.8, 4) is 0 Å². The zero-order valence-corrected chi connectivity index (χ0v) is 15.1. The number of rotatable bonds is 10. The molecular weight excluding hydrogens is 274 g/mol. The Kier molecular flexibility index (Phi) is 11.2. The highest BCUT2D eigenvalue weighted by molar-refractivity contribution is 5.76. The summed E-state index contributed by atoms with van der Waals surface area (Å²) < 4.78 is 5.65. The van der Waals surface area contributed by atoms with Crippen molar-refractivity contribution in [1.82, 2.24) is 5.32 Å². The summed E-state index contributed by atoms with van der Waals surface area (Å²) >= 11 is 0. The molecule has 2 unspecified atom stereocenters. The van der Waals surface area contributed by atoms with E-state index < -0.39 is 0 Å². The molecule has 0 aromatic rings. The minimum absolute atomic E-state index is 0.0134. The number of carbonyl (C=O) groups is 1. The van der Waals surface area contributed by atoms with E-state index in [1.807, 2.05) is 38.2 Å². The van der Waals surface area contributed by atoms with Crippen LogP contribution in [0, 0.1) is 5.92 Å². The van der Waals surface area contributed by atoms with Crippen LogP contribution in [0.5, 0.6) is 0 Å². The SMILES string of the molecule is C\C=C/C=C\C(=C/CC)NC(CC)C(=O)OC(CC)C(C)C. The smallest absolute Gasteiger partial charge is 0.328 e. The first kappa shape index (κ1) is 20.5. The van der Waals surface area contributed by atoms with Crippen LogP contribution in [0.1, 0.15) is 60.8 Å². The van der Waals surface area contributed by atoms with Gasteiger partial charge >= 0.3 is 5.97 Å². The number of esters is 1. The van der Waals surface area contributed by atoms with Crippen LogP contribution in [-0.2, 0) is 9.53 Å². The van der Waals surface area contributed by atoms with Gasteiger partial charge in [0.15, 0.2) is 0 Å². The fourth-order valence-corrected chi connectivity index (χ4v) is 2.12. The van der Waals surface area contributed by atoms with Crippen molar-refractivity contribution >= 4 is 5.97 Å². The van der Waals surface area contributed by atoms with Crippen molar-refractivity contribution in [2.75, 3.05) is 0 Å². The Morgan fingerprint density at radius 2 is 1.82 bits per heavy atom. The molecule has 0 aliphatic heterocycles. The summed E-state index contributed by atoms with van der Waals surface area (Å²) in [6.07, 6.45) is 12.4. The maximum atomic E-state index is 12.4. The average Bonchev–Trinajstić information content (AvgIpc) is 2.49. The molecule has 1 N–H and O–H groups in total. The van der Waals surface area contributed by atoms with Crippen LogP contribution >= 0.6 is 0 Å². The number of carbonyl (C=O) groups excluding carboxylic acids is 1. The Labute approximate surface area is 136 Å². The molecule has 126 valence electrons. The zero-order valence-electron chi connectivity index (χ0n) is 15.1. The third-order valence-electron chi connectivity index (χ3n) is 3.45. The lowest BCUT2D eigenvalue weighted by Gasteiger charge is -2.24. The second-order valence-corrected chi connectivity index (χ2v) is 5.69. The number of hydrogen-bond acceptors (Lipinski definition) is 3. The van der Waals surface area contributed by atoms with Gasteiger partial charge in [-0.15, -0.1) is 0 Å². The zero-order chi connectivity index (χ0) is 17.0. The van der Waals surface area contributed by atoms with Gasteiger partial charge in [0.25, 0.3) is 0 Å². The van der Waals surface area contributed by atoms with E-state index in [0.29, 0.717) is 12.3 Å². The molecule has 0 saturated carbocycles. The molecule has 0 aromatic carbocycles. The minimum Gasteiger partial charge on any atom is -0.461 e. The van der Waals surface area contributed by atoms with Crippen LogP contribution in [0.4, 0.5) is 0 Å². The van der Waals surface area contributed by atoms with Crippen molar-refractivity contribution in [3.63, 3.8) is 0 Å². The molecule has 0 heterocycles. The number of nitrogens with one attached hydrogen (secondary N) is 1. The Balaban J connectivity index is 4.85. The van der Waals surface area contributed by atoms with Gasteiger partial charge in [0.05, 0.1) is 0 Å². The maximum absolute atomic E-state index is 12.4. The van der Waals surface area contributed by atoms with Crippen molar-refractivity contribution in [2.24, 2.45) is 5.92 Å². The maximum Gasteiger partial charge on any atom is 0.328 e. The first-order valence-corrected chi connectivity index (χ1v) is 8.46. The molecule has 0 saturated heterocycles. The highest BCUT2D eigenvalue weighted by Gasteiger charge is 2.23. The Hall–Kier alpha value is -1.51. The molecule has 0 fully saturated rings. The lowest BCUT2D eigenvalue weighted by molar-refractivity contribution is -0.153. The Bertz CT molecular complexity index is 394. The van der Waals surface area contributed by atoms with E-state index in [0.717, 1.165) is 18.5 Å². The van der Waals surface area contributed by atoms with Gasteiger partial charge < -0.3 is 10.1 Å². The molecule has 0 amide bonds. The number of allylic oxidation sites excluding steroid dienone is 5. The molecule has 0 radical (unpaired) electrons. The molecule has 0 aliphatic carbocycles. The quantitative estimate of drug-likeness (QED) is 0.467. The second-order valence-electron chi connectivity index (χ2n) is 5.69. The van der Waals surface area contributed by atoms with Gasteiger partial charge in [0.2, 0.25) is 0 Å². The predicted molar refractivity (Wildman–Crippen MR) is 94.6 cm³/mol. The Morgan fingerprint density at radius 3 is 2.27 bits per heavy atom. The van der Waals surface area contributed by atoms with Crippen molar-refractivity contribution in [2.45, 2.75) is 73.0 Å². The lowest BCUT2D eigenvalue weighted by atomic mass is 10.1. The summed E-state index contributed by atoms with van der Waals surface area (Å²) in [7, 11) is 0. The van der Waals surface area contributed by atoms with Gasteiger partial charge in [0.1, 0.15) is 12.1 Å². The fraction of sp³-hybridized carbons (Fsp3) is 0.632. The van der Waals surface area contributed by atoms with Crippen molar-refractivity contribution < 1.29 is 9.53 Å². The molecule has 0 aliphatic rings. The van der Waals surface area contributed by atoms with E-state index in [1.165, 1.54) is 0 Å². The van der Waals surface area contributed by atoms with Crippen molar-refractivity contribution in [3.05, 3.63) is 36.1 Å². The highest BCUT2D eigenvalue weighted by atomic mass is 16.5. The first-order valence-electron chi connectivity index (χ1n) is 8.46. The molecule has 3 nitrogen and oxygen atoms in total. The molecule has 0 spiro atoms. The summed E-state index contributed by atoms with van der Waals surface area (Å²) in [5, 5.41) is 3.30. The fourth-order valence-electron chi connectivity index (χ4n) is 2.12. The highest BCUT2D eigenvalue weighted by Crippen LogP contribution is 2.13. The molecule has 0 rings (SSSR count). The second kappa shape index (κ2) is 12.1. The van der Waals surface area contributed by atoms with Crippen LogP contribution in [-0.4, -0.2) is 18.1 Å². The molecule has 22 heavy (non-hydrogen) atoms. The van der Waals surface area contributed by atoms with Gasteiger partial charge in [-0.1, -0.05) is 58.9 Å². The van der Waals surface area contributed by atoms with E-state index in [4.69, 9.17) is 4.74 Å². The molecule has 0 bridgehead atoms. The first-order chi connectivity index (χ1) is 10.5. The summed E-state index contributed by atoms with van der Waals surface area (Å²) in [6.45, 7) is 12.3. The summed E-state index contributed by atoms with van der Waals surface area (Å²) in [5.74, 6) is 0.177.